The van der Waals surface area contributed by atoms with Gasteiger partial charge in [-0.2, -0.15) is 0 Å². The second-order valence-electron chi connectivity index (χ2n) is 5.06. The molecule has 2 nitrogen and oxygen atoms in total. The van der Waals surface area contributed by atoms with Crippen LogP contribution in [-0.2, 0) is 16.6 Å². The fourth-order valence-electron chi connectivity index (χ4n) is 1.93. The SMILES string of the molecule is CC(C)c1ccc(S(=O)Cc2ccc(Br)cc2N)cc1. The lowest BCUT2D eigenvalue weighted by atomic mass is 10.0. The largest absolute Gasteiger partial charge is 0.398 e. The zero-order valence-electron chi connectivity index (χ0n) is 11.6. The third kappa shape index (κ3) is 3.70. The van der Waals surface area contributed by atoms with Crippen molar-refractivity contribution in [2.24, 2.45) is 0 Å². The van der Waals surface area contributed by atoms with Gasteiger partial charge in [0.1, 0.15) is 0 Å². The number of nitrogens with two attached hydrogens (primary N) is 1. The summed E-state index contributed by atoms with van der Waals surface area (Å²) < 4.78 is 13.3. The van der Waals surface area contributed by atoms with Crippen LogP contribution in [0.5, 0.6) is 0 Å². The van der Waals surface area contributed by atoms with Gasteiger partial charge >= 0.3 is 0 Å². The van der Waals surface area contributed by atoms with Crippen molar-refractivity contribution in [1.82, 2.24) is 0 Å². The third-order valence-electron chi connectivity index (χ3n) is 3.20. The molecule has 0 heterocycles. The number of hydrogen-bond acceptors (Lipinski definition) is 2. The molecule has 106 valence electrons. The summed E-state index contributed by atoms with van der Waals surface area (Å²) in [5.41, 5.74) is 8.79. The van der Waals surface area contributed by atoms with Crippen LogP contribution in [0.15, 0.2) is 51.8 Å². The van der Waals surface area contributed by atoms with E-state index in [0.29, 0.717) is 17.4 Å². The maximum absolute atomic E-state index is 12.4. The van der Waals surface area contributed by atoms with Crippen LogP contribution in [0.3, 0.4) is 0 Å². The van der Waals surface area contributed by atoms with Crippen LogP contribution in [0.1, 0.15) is 30.9 Å². The van der Waals surface area contributed by atoms with Crippen LogP contribution in [0.4, 0.5) is 5.69 Å². The monoisotopic (exact) mass is 351 g/mol. The molecule has 0 amide bonds. The Labute approximate surface area is 131 Å². The fourth-order valence-corrected chi connectivity index (χ4v) is 3.46. The van der Waals surface area contributed by atoms with E-state index >= 15 is 0 Å². The highest BCUT2D eigenvalue weighted by Gasteiger charge is 2.09. The minimum Gasteiger partial charge on any atom is -0.398 e. The van der Waals surface area contributed by atoms with Crippen molar-refractivity contribution in [3.8, 4) is 0 Å². The summed E-state index contributed by atoms with van der Waals surface area (Å²) in [4.78, 5) is 0.844. The van der Waals surface area contributed by atoms with E-state index in [9.17, 15) is 4.21 Å². The van der Waals surface area contributed by atoms with Crippen LogP contribution < -0.4 is 5.73 Å². The van der Waals surface area contributed by atoms with E-state index in [4.69, 9.17) is 5.73 Å². The minimum atomic E-state index is -1.07. The first-order chi connectivity index (χ1) is 9.47. The molecule has 0 aliphatic carbocycles. The van der Waals surface area contributed by atoms with Gasteiger partial charge in [-0.1, -0.05) is 48.0 Å². The standard InChI is InChI=1S/C16H18BrNOS/c1-11(2)12-4-7-15(8-5-12)20(19)10-13-3-6-14(17)9-16(13)18/h3-9,11H,10,18H2,1-2H3. The Hall–Kier alpha value is -1.13. The van der Waals surface area contributed by atoms with E-state index in [-0.39, 0.29) is 0 Å². The zero-order chi connectivity index (χ0) is 14.7. The summed E-state index contributed by atoms with van der Waals surface area (Å²) in [6, 6.07) is 13.7. The fraction of sp³-hybridized carbons (Fsp3) is 0.250. The highest BCUT2D eigenvalue weighted by Crippen LogP contribution is 2.22. The number of rotatable bonds is 4. The van der Waals surface area contributed by atoms with Crippen molar-refractivity contribution in [3.05, 3.63) is 58.1 Å². The second kappa shape index (κ2) is 6.55. The molecule has 0 aliphatic rings. The molecule has 2 aromatic rings. The van der Waals surface area contributed by atoms with Gasteiger partial charge in [-0.3, -0.25) is 4.21 Å². The van der Waals surface area contributed by atoms with Crippen LogP contribution in [0.2, 0.25) is 0 Å². The van der Waals surface area contributed by atoms with Gasteiger partial charge in [0.05, 0.1) is 16.6 Å². The Kier molecular flexibility index (Phi) is 5.00. The van der Waals surface area contributed by atoms with Crippen molar-refractivity contribution >= 4 is 32.4 Å². The first kappa shape index (κ1) is 15.3. The van der Waals surface area contributed by atoms with Crippen molar-refractivity contribution in [1.29, 1.82) is 0 Å². The molecule has 1 atom stereocenters. The summed E-state index contributed by atoms with van der Waals surface area (Å²) >= 11 is 3.37. The zero-order valence-corrected chi connectivity index (χ0v) is 14.0. The van der Waals surface area contributed by atoms with E-state index in [1.165, 1.54) is 5.56 Å². The lowest BCUT2D eigenvalue weighted by molar-refractivity contribution is 0.682. The van der Waals surface area contributed by atoms with Gasteiger partial charge in [-0.15, -0.1) is 0 Å². The van der Waals surface area contributed by atoms with Crippen molar-refractivity contribution < 1.29 is 4.21 Å². The Morgan fingerprint density at radius 2 is 1.80 bits per heavy atom. The average Bonchev–Trinajstić information content (AvgIpc) is 2.42. The number of anilines is 1. The second-order valence-corrected chi connectivity index (χ2v) is 7.42. The molecular formula is C16H18BrNOS. The van der Waals surface area contributed by atoms with Gasteiger partial charge in [-0.25, -0.2) is 0 Å². The molecule has 0 saturated carbocycles. The molecule has 0 spiro atoms. The summed E-state index contributed by atoms with van der Waals surface area (Å²) in [7, 11) is -1.07. The highest BCUT2D eigenvalue weighted by atomic mass is 79.9. The summed E-state index contributed by atoms with van der Waals surface area (Å²) in [5, 5.41) is 0. The van der Waals surface area contributed by atoms with Crippen molar-refractivity contribution in [3.63, 3.8) is 0 Å². The topological polar surface area (TPSA) is 43.1 Å². The van der Waals surface area contributed by atoms with Gasteiger partial charge < -0.3 is 5.73 Å². The molecule has 2 N–H and O–H groups in total. The molecule has 20 heavy (non-hydrogen) atoms. The van der Waals surface area contributed by atoms with E-state index in [0.717, 1.165) is 14.9 Å². The molecular weight excluding hydrogens is 334 g/mol. The molecule has 1 unspecified atom stereocenters. The normalized spacial score (nSPS) is 12.6. The van der Waals surface area contributed by atoms with Crippen LogP contribution in [-0.4, -0.2) is 4.21 Å². The molecule has 0 radical (unpaired) electrons. The number of benzene rings is 2. The Morgan fingerprint density at radius 3 is 2.35 bits per heavy atom. The van der Waals surface area contributed by atoms with E-state index in [1.54, 1.807) is 0 Å². The van der Waals surface area contributed by atoms with E-state index < -0.39 is 10.8 Å². The van der Waals surface area contributed by atoms with E-state index in [1.807, 2.05) is 42.5 Å². The van der Waals surface area contributed by atoms with Crippen LogP contribution >= 0.6 is 15.9 Å². The lowest BCUT2D eigenvalue weighted by Crippen LogP contribution is -2.01. The molecule has 2 rings (SSSR count). The van der Waals surface area contributed by atoms with Crippen LogP contribution in [0.25, 0.3) is 0 Å². The predicted molar refractivity (Wildman–Crippen MR) is 89.2 cm³/mol. The summed E-state index contributed by atoms with van der Waals surface area (Å²) in [6.07, 6.45) is 0. The Morgan fingerprint density at radius 1 is 1.15 bits per heavy atom. The maximum atomic E-state index is 12.4. The van der Waals surface area contributed by atoms with Gasteiger partial charge in [0.25, 0.3) is 0 Å². The Balaban J connectivity index is 2.15. The lowest BCUT2D eigenvalue weighted by Gasteiger charge is -2.08. The number of nitrogen functional groups attached to an aromatic ring is 1. The van der Waals surface area contributed by atoms with Crippen LogP contribution in [0, 0.1) is 0 Å². The average molecular weight is 352 g/mol. The maximum Gasteiger partial charge on any atom is 0.0574 e. The predicted octanol–water partition coefficient (Wildman–Crippen LogP) is 4.46. The first-order valence-electron chi connectivity index (χ1n) is 6.49. The molecule has 0 aromatic heterocycles. The smallest absolute Gasteiger partial charge is 0.0574 e. The number of halogens is 1. The molecule has 0 saturated heterocycles. The van der Waals surface area contributed by atoms with Gasteiger partial charge in [0.2, 0.25) is 0 Å². The molecule has 0 fully saturated rings. The number of hydrogen-bond donors (Lipinski definition) is 1. The molecule has 4 heteroatoms. The quantitative estimate of drug-likeness (QED) is 0.826. The van der Waals surface area contributed by atoms with Crippen molar-refractivity contribution in [2.45, 2.75) is 30.4 Å². The molecule has 0 bridgehead atoms. The van der Waals surface area contributed by atoms with Crippen molar-refractivity contribution in [2.75, 3.05) is 5.73 Å². The van der Waals surface area contributed by atoms with E-state index in [2.05, 4.69) is 29.8 Å². The van der Waals surface area contributed by atoms with Gasteiger partial charge in [0, 0.05) is 15.1 Å². The Bertz CT molecular complexity index is 623. The van der Waals surface area contributed by atoms with Gasteiger partial charge in [0.15, 0.2) is 0 Å². The summed E-state index contributed by atoms with van der Waals surface area (Å²) in [6.45, 7) is 4.29. The minimum absolute atomic E-state index is 0.445. The third-order valence-corrected chi connectivity index (χ3v) is 5.07. The van der Waals surface area contributed by atoms with Gasteiger partial charge in [-0.05, 0) is 41.3 Å². The first-order valence-corrected chi connectivity index (χ1v) is 8.61. The molecule has 0 aliphatic heterocycles. The summed E-state index contributed by atoms with van der Waals surface area (Å²) in [5.74, 6) is 0.930. The molecule has 2 aromatic carbocycles. The highest BCUT2D eigenvalue weighted by molar-refractivity contribution is 9.10.